The lowest BCUT2D eigenvalue weighted by atomic mass is 10.00. The van der Waals surface area contributed by atoms with Gasteiger partial charge in [0.1, 0.15) is 6.07 Å². The van der Waals surface area contributed by atoms with Gasteiger partial charge in [-0.15, -0.1) is 0 Å². The minimum atomic E-state index is -6.15. The van der Waals surface area contributed by atoms with Crippen molar-refractivity contribution in [2.45, 2.75) is 5.51 Å². The molecular weight excluding hydrogens is 339 g/mol. The number of nitrogens with zero attached hydrogens (tertiary/aromatic N) is 1. The van der Waals surface area contributed by atoms with Crippen LogP contribution in [0.15, 0.2) is 30.3 Å². The first-order valence-corrected chi connectivity index (χ1v) is 7.17. The van der Waals surface area contributed by atoms with Crippen LogP contribution in [-0.4, -0.2) is 19.9 Å². The molecule has 2 rings (SSSR count). The van der Waals surface area contributed by atoms with Gasteiger partial charge in [-0.1, -0.05) is 24.3 Å². The second-order valence-electron chi connectivity index (χ2n) is 4.23. The Morgan fingerprint density at radius 2 is 1.87 bits per heavy atom. The maximum absolute atomic E-state index is 12.4. The van der Waals surface area contributed by atoms with Crippen molar-refractivity contribution in [1.82, 2.24) is 0 Å². The number of alkyl halides is 3. The highest BCUT2D eigenvalue weighted by Crippen LogP contribution is 2.35. The minimum absolute atomic E-state index is 0.126. The molecule has 0 amide bonds. The van der Waals surface area contributed by atoms with E-state index >= 15 is 0 Å². The molecule has 2 aromatic carbocycles. The van der Waals surface area contributed by atoms with Crippen molar-refractivity contribution in [3.63, 3.8) is 0 Å². The summed E-state index contributed by atoms with van der Waals surface area (Å²) in [6.45, 7) is 0. The molecule has 0 aliphatic heterocycles. The van der Waals surface area contributed by atoms with E-state index in [4.69, 9.17) is 5.26 Å². The zero-order chi connectivity index (χ0) is 17.4. The van der Waals surface area contributed by atoms with Gasteiger partial charge in [-0.05, 0) is 16.8 Å². The molecule has 0 spiro atoms. The largest absolute Gasteiger partial charge is 0.545 e. The molecule has 10 heteroatoms. The van der Waals surface area contributed by atoms with Crippen molar-refractivity contribution >= 4 is 26.9 Å². The van der Waals surface area contributed by atoms with Crippen molar-refractivity contribution in [1.29, 1.82) is 5.26 Å². The molecule has 0 aliphatic carbocycles. The van der Waals surface area contributed by atoms with Gasteiger partial charge in [-0.25, -0.2) is 0 Å². The summed E-state index contributed by atoms with van der Waals surface area (Å²) in [5, 5.41) is 20.3. The second-order valence-corrected chi connectivity index (χ2v) is 5.77. The SMILES string of the molecule is N#Cc1cc2ccccc2c(C(=O)[O-])c1OS(=O)(=O)C(F)(F)F. The monoisotopic (exact) mass is 344 g/mol. The Kier molecular flexibility index (Phi) is 3.92. The fourth-order valence-electron chi connectivity index (χ4n) is 1.86. The van der Waals surface area contributed by atoms with Crippen molar-refractivity contribution in [2.24, 2.45) is 0 Å². The Hall–Kier alpha value is -2.80. The molecule has 2 aromatic rings. The predicted molar refractivity (Wildman–Crippen MR) is 68.6 cm³/mol. The normalized spacial score (nSPS) is 11.9. The summed E-state index contributed by atoms with van der Waals surface area (Å²) in [7, 11) is -6.15. The molecule has 0 fully saturated rings. The zero-order valence-electron chi connectivity index (χ0n) is 10.9. The first-order chi connectivity index (χ1) is 10.6. The summed E-state index contributed by atoms with van der Waals surface area (Å²) in [5.74, 6) is -3.21. The van der Waals surface area contributed by atoms with E-state index < -0.39 is 38.5 Å². The lowest BCUT2D eigenvalue weighted by molar-refractivity contribution is -0.254. The fraction of sp³-hybridized carbons (Fsp3) is 0.0769. The first-order valence-electron chi connectivity index (χ1n) is 5.76. The molecule has 0 N–H and O–H groups in total. The van der Waals surface area contributed by atoms with Crippen LogP contribution in [0.4, 0.5) is 13.2 Å². The highest BCUT2D eigenvalue weighted by Gasteiger charge is 2.49. The number of rotatable bonds is 3. The van der Waals surface area contributed by atoms with Crippen LogP contribution in [0, 0.1) is 11.3 Å². The summed E-state index contributed by atoms with van der Waals surface area (Å²) in [6.07, 6.45) is 0. The molecule has 23 heavy (non-hydrogen) atoms. The van der Waals surface area contributed by atoms with Crippen LogP contribution in [0.5, 0.6) is 5.75 Å². The molecule has 0 radical (unpaired) electrons. The molecular formula is C13H5F3NO5S-. The lowest BCUT2D eigenvalue weighted by Gasteiger charge is -2.17. The second kappa shape index (κ2) is 5.44. The summed E-state index contributed by atoms with van der Waals surface area (Å²) < 4.78 is 63.5. The average molecular weight is 344 g/mol. The highest BCUT2D eigenvalue weighted by atomic mass is 32.2. The van der Waals surface area contributed by atoms with Gasteiger partial charge in [0.25, 0.3) is 0 Å². The smallest absolute Gasteiger partial charge is 0.534 e. The molecule has 0 bridgehead atoms. The number of aromatic carboxylic acids is 1. The Morgan fingerprint density at radius 3 is 2.39 bits per heavy atom. The molecule has 0 atom stereocenters. The maximum Gasteiger partial charge on any atom is 0.534 e. The molecule has 120 valence electrons. The summed E-state index contributed by atoms with van der Waals surface area (Å²) >= 11 is 0. The topological polar surface area (TPSA) is 107 Å². The number of carboxylic acids is 1. The van der Waals surface area contributed by atoms with Crippen molar-refractivity contribution in [2.75, 3.05) is 0 Å². The average Bonchev–Trinajstić information content (AvgIpc) is 2.44. The standard InChI is InChI=1S/C13H6F3NO5S/c14-13(15,16)23(20,21)22-11-8(6-17)5-7-3-1-2-4-9(7)10(11)12(18)19/h1-5H,(H,18,19)/p-1. The summed E-state index contributed by atoms with van der Waals surface area (Å²) in [4.78, 5) is 11.3. The van der Waals surface area contributed by atoms with Gasteiger partial charge in [-0.2, -0.15) is 26.9 Å². The Bertz CT molecular complexity index is 944. The van der Waals surface area contributed by atoms with Crippen molar-refractivity contribution in [3.8, 4) is 11.8 Å². The third kappa shape index (κ3) is 2.91. The van der Waals surface area contributed by atoms with E-state index in [1.807, 2.05) is 0 Å². The van der Waals surface area contributed by atoms with Gasteiger partial charge in [-0.3, -0.25) is 0 Å². The van der Waals surface area contributed by atoms with E-state index in [0.717, 1.165) is 6.07 Å². The Balaban J connectivity index is 2.85. The number of nitriles is 1. The number of carbonyl (C=O) groups excluding carboxylic acids is 1. The van der Waals surface area contributed by atoms with Gasteiger partial charge >= 0.3 is 15.6 Å². The number of hydrogen-bond acceptors (Lipinski definition) is 6. The maximum atomic E-state index is 12.4. The van der Waals surface area contributed by atoms with Crippen LogP contribution in [0.3, 0.4) is 0 Å². The fourth-order valence-corrected chi connectivity index (χ4v) is 2.34. The Labute approximate surface area is 127 Å². The van der Waals surface area contributed by atoms with E-state index in [2.05, 4.69) is 4.18 Å². The molecule has 0 aliphatic rings. The third-order valence-corrected chi connectivity index (χ3v) is 3.76. The predicted octanol–water partition coefficient (Wildman–Crippen LogP) is 1.30. The molecule has 0 aromatic heterocycles. The van der Waals surface area contributed by atoms with E-state index in [0.29, 0.717) is 0 Å². The molecule has 6 nitrogen and oxygen atoms in total. The minimum Gasteiger partial charge on any atom is -0.545 e. The molecule has 0 unspecified atom stereocenters. The lowest BCUT2D eigenvalue weighted by Crippen LogP contribution is -2.30. The number of hydrogen-bond donors (Lipinski definition) is 0. The van der Waals surface area contributed by atoms with Gasteiger partial charge in [0.05, 0.1) is 17.1 Å². The number of benzene rings is 2. The van der Waals surface area contributed by atoms with E-state index in [-0.39, 0.29) is 10.8 Å². The van der Waals surface area contributed by atoms with Crippen LogP contribution in [-0.2, 0) is 10.1 Å². The summed E-state index contributed by atoms with van der Waals surface area (Å²) in [5.41, 5.74) is -7.42. The van der Waals surface area contributed by atoms with E-state index in [1.165, 1.54) is 30.3 Å². The van der Waals surface area contributed by atoms with Gasteiger partial charge in [0, 0.05) is 0 Å². The third-order valence-electron chi connectivity index (χ3n) is 2.80. The zero-order valence-corrected chi connectivity index (χ0v) is 11.7. The van der Waals surface area contributed by atoms with Crippen LogP contribution in [0.25, 0.3) is 10.8 Å². The van der Waals surface area contributed by atoms with Crippen molar-refractivity contribution < 1.29 is 35.7 Å². The molecule has 0 heterocycles. The highest BCUT2D eigenvalue weighted by molar-refractivity contribution is 7.88. The van der Waals surface area contributed by atoms with Crippen LogP contribution < -0.4 is 9.29 Å². The number of carboxylic acid groups (broad SMARTS) is 1. The van der Waals surface area contributed by atoms with Gasteiger partial charge in [0.15, 0.2) is 5.75 Å². The number of halogens is 3. The van der Waals surface area contributed by atoms with Gasteiger partial charge < -0.3 is 14.1 Å². The van der Waals surface area contributed by atoms with E-state index in [9.17, 15) is 31.5 Å². The summed E-state index contributed by atoms with van der Waals surface area (Å²) in [6, 6.07) is 7.91. The van der Waals surface area contributed by atoms with Crippen LogP contribution >= 0.6 is 0 Å². The van der Waals surface area contributed by atoms with Crippen molar-refractivity contribution in [3.05, 3.63) is 41.5 Å². The molecule has 0 saturated heterocycles. The van der Waals surface area contributed by atoms with Crippen LogP contribution in [0.2, 0.25) is 0 Å². The number of fused-ring (bicyclic) bond motifs is 1. The van der Waals surface area contributed by atoms with Gasteiger partial charge in [0.2, 0.25) is 0 Å². The van der Waals surface area contributed by atoms with Crippen LogP contribution in [0.1, 0.15) is 15.9 Å². The quantitative estimate of drug-likeness (QED) is 0.613. The van der Waals surface area contributed by atoms with E-state index in [1.54, 1.807) is 0 Å². The first kappa shape index (κ1) is 16.6. The Morgan fingerprint density at radius 1 is 1.26 bits per heavy atom. The molecule has 0 saturated carbocycles. The number of carbonyl (C=O) groups is 1.